The minimum Gasteiger partial charge on any atom is -0.373 e. The average Bonchev–Trinajstić information content (AvgIpc) is 2.89. The minimum absolute atomic E-state index is 0.978. The summed E-state index contributed by atoms with van der Waals surface area (Å²) in [5, 5.41) is 5.68. The van der Waals surface area contributed by atoms with Crippen molar-refractivity contribution in [3.8, 4) is 0 Å². The first-order valence-electron chi connectivity index (χ1n) is 7.24. The molecule has 0 aliphatic carbocycles. The number of benzene rings is 1. The van der Waals surface area contributed by atoms with Gasteiger partial charge in [0.15, 0.2) is 0 Å². The van der Waals surface area contributed by atoms with Crippen LogP contribution in [-0.4, -0.2) is 20.1 Å². The molecule has 1 aromatic carbocycles. The molecule has 0 amide bonds. The molecule has 0 radical (unpaired) electrons. The SMILES string of the molecule is CCc1ccc(N(C)CCNCc2sccc2C)cc1. The van der Waals surface area contributed by atoms with E-state index in [2.05, 4.69) is 66.8 Å². The summed E-state index contributed by atoms with van der Waals surface area (Å²) < 4.78 is 0. The Hall–Kier alpha value is -1.32. The molecule has 1 aromatic heterocycles. The first-order chi connectivity index (χ1) is 9.70. The zero-order valence-corrected chi connectivity index (χ0v) is 13.5. The van der Waals surface area contributed by atoms with E-state index in [1.54, 1.807) is 0 Å². The number of hydrogen-bond acceptors (Lipinski definition) is 3. The molecule has 3 heteroatoms. The van der Waals surface area contributed by atoms with E-state index >= 15 is 0 Å². The predicted molar refractivity (Wildman–Crippen MR) is 89.9 cm³/mol. The van der Waals surface area contributed by atoms with Crippen LogP contribution in [0.1, 0.15) is 22.9 Å². The Morgan fingerprint density at radius 2 is 1.90 bits per heavy atom. The highest BCUT2D eigenvalue weighted by atomic mass is 32.1. The standard InChI is InChI=1S/C17H24N2S/c1-4-15-5-7-16(8-6-15)19(3)11-10-18-13-17-14(2)9-12-20-17/h5-9,12,18H,4,10-11,13H2,1-3H3. The van der Waals surface area contributed by atoms with Crippen molar-refractivity contribution in [2.45, 2.75) is 26.8 Å². The minimum atomic E-state index is 0.978. The van der Waals surface area contributed by atoms with E-state index in [1.807, 2.05) is 11.3 Å². The highest BCUT2D eigenvalue weighted by Crippen LogP contribution is 2.15. The number of thiophene rings is 1. The van der Waals surface area contributed by atoms with E-state index in [0.29, 0.717) is 0 Å². The van der Waals surface area contributed by atoms with Crippen LogP contribution in [0.15, 0.2) is 35.7 Å². The van der Waals surface area contributed by atoms with Gasteiger partial charge in [-0.25, -0.2) is 0 Å². The molecular formula is C17H24N2S. The fraction of sp³-hybridized carbons (Fsp3) is 0.412. The van der Waals surface area contributed by atoms with Crippen LogP contribution in [0.4, 0.5) is 5.69 Å². The van der Waals surface area contributed by atoms with Crippen molar-refractivity contribution >= 4 is 17.0 Å². The van der Waals surface area contributed by atoms with Crippen LogP contribution in [0.25, 0.3) is 0 Å². The van der Waals surface area contributed by atoms with E-state index < -0.39 is 0 Å². The third-order valence-electron chi connectivity index (χ3n) is 3.66. The van der Waals surface area contributed by atoms with Crippen LogP contribution in [0.2, 0.25) is 0 Å². The van der Waals surface area contributed by atoms with Crippen LogP contribution in [0.3, 0.4) is 0 Å². The van der Waals surface area contributed by atoms with Crippen molar-refractivity contribution in [3.05, 3.63) is 51.7 Å². The first kappa shape index (κ1) is 15.1. The lowest BCUT2D eigenvalue weighted by molar-refractivity contribution is 0.684. The summed E-state index contributed by atoms with van der Waals surface area (Å²) in [6.07, 6.45) is 1.10. The van der Waals surface area contributed by atoms with Crippen molar-refractivity contribution in [2.24, 2.45) is 0 Å². The summed E-state index contributed by atoms with van der Waals surface area (Å²) in [7, 11) is 2.15. The fourth-order valence-electron chi connectivity index (χ4n) is 2.15. The summed E-state index contributed by atoms with van der Waals surface area (Å²) >= 11 is 1.83. The Morgan fingerprint density at radius 3 is 2.50 bits per heavy atom. The Labute approximate surface area is 126 Å². The highest BCUT2D eigenvalue weighted by molar-refractivity contribution is 7.10. The predicted octanol–water partition coefficient (Wildman–Crippen LogP) is 3.84. The Morgan fingerprint density at radius 1 is 1.15 bits per heavy atom. The topological polar surface area (TPSA) is 15.3 Å². The molecule has 0 saturated heterocycles. The Kier molecular flexibility index (Phi) is 5.62. The van der Waals surface area contributed by atoms with Gasteiger partial charge in [0.2, 0.25) is 0 Å². The van der Waals surface area contributed by atoms with Crippen molar-refractivity contribution in [1.29, 1.82) is 0 Å². The molecule has 0 fully saturated rings. The van der Waals surface area contributed by atoms with Gasteiger partial charge in [0, 0.05) is 37.2 Å². The normalized spacial score (nSPS) is 10.8. The molecule has 0 bridgehead atoms. The summed E-state index contributed by atoms with van der Waals surface area (Å²) in [6, 6.07) is 11.0. The summed E-state index contributed by atoms with van der Waals surface area (Å²) in [5.41, 5.74) is 4.08. The third kappa shape index (κ3) is 4.09. The second-order valence-electron chi connectivity index (χ2n) is 5.15. The molecule has 0 spiro atoms. The lowest BCUT2D eigenvalue weighted by Crippen LogP contribution is -2.28. The fourth-order valence-corrected chi connectivity index (χ4v) is 3.02. The van der Waals surface area contributed by atoms with Crippen molar-refractivity contribution in [3.63, 3.8) is 0 Å². The van der Waals surface area contributed by atoms with Gasteiger partial charge in [-0.3, -0.25) is 0 Å². The van der Waals surface area contributed by atoms with Crippen LogP contribution in [0, 0.1) is 6.92 Å². The van der Waals surface area contributed by atoms with Gasteiger partial charge in [0.05, 0.1) is 0 Å². The van der Waals surface area contributed by atoms with E-state index in [1.165, 1.54) is 21.7 Å². The van der Waals surface area contributed by atoms with Crippen LogP contribution in [-0.2, 0) is 13.0 Å². The zero-order chi connectivity index (χ0) is 14.4. The van der Waals surface area contributed by atoms with Crippen molar-refractivity contribution in [2.75, 3.05) is 25.0 Å². The monoisotopic (exact) mass is 288 g/mol. The Bertz CT molecular complexity index is 516. The van der Waals surface area contributed by atoms with Crippen LogP contribution in [0.5, 0.6) is 0 Å². The van der Waals surface area contributed by atoms with Gasteiger partial charge in [-0.05, 0) is 48.1 Å². The van der Waals surface area contributed by atoms with Crippen LogP contribution >= 0.6 is 11.3 Å². The number of aryl methyl sites for hydroxylation is 2. The molecule has 1 heterocycles. The van der Waals surface area contributed by atoms with E-state index in [9.17, 15) is 0 Å². The summed E-state index contributed by atoms with van der Waals surface area (Å²) in [6.45, 7) is 7.37. The molecule has 0 unspecified atom stereocenters. The quantitative estimate of drug-likeness (QED) is 0.779. The van der Waals surface area contributed by atoms with Crippen LogP contribution < -0.4 is 10.2 Å². The number of likely N-dealkylation sites (N-methyl/N-ethyl adjacent to an activating group) is 1. The molecule has 0 atom stereocenters. The second kappa shape index (κ2) is 7.46. The van der Waals surface area contributed by atoms with Gasteiger partial charge in [-0.2, -0.15) is 0 Å². The first-order valence-corrected chi connectivity index (χ1v) is 8.12. The van der Waals surface area contributed by atoms with E-state index in [4.69, 9.17) is 0 Å². The van der Waals surface area contributed by atoms with Gasteiger partial charge >= 0.3 is 0 Å². The number of nitrogens with one attached hydrogen (secondary N) is 1. The number of anilines is 1. The van der Waals surface area contributed by atoms with Gasteiger partial charge < -0.3 is 10.2 Å². The van der Waals surface area contributed by atoms with Gasteiger partial charge in [0.25, 0.3) is 0 Å². The van der Waals surface area contributed by atoms with Gasteiger partial charge in [0.1, 0.15) is 0 Å². The maximum atomic E-state index is 3.52. The largest absolute Gasteiger partial charge is 0.373 e. The van der Waals surface area contributed by atoms with E-state index in [-0.39, 0.29) is 0 Å². The lowest BCUT2D eigenvalue weighted by Gasteiger charge is -2.19. The summed E-state index contributed by atoms with van der Waals surface area (Å²) in [5.74, 6) is 0. The highest BCUT2D eigenvalue weighted by Gasteiger charge is 2.02. The molecule has 0 saturated carbocycles. The maximum Gasteiger partial charge on any atom is 0.0364 e. The molecule has 20 heavy (non-hydrogen) atoms. The second-order valence-corrected chi connectivity index (χ2v) is 6.15. The molecule has 0 aliphatic rings. The number of rotatable bonds is 7. The van der Waals surface area contributed by atoms with Crippen molar-refractivity contribution < 1.29 is 0 Å². The zero-order valence-electron chi connectivity index (χ0n) is 12.6. The lowest BCUT2D eigenvalue weighted by atomic mass is 10.1. The molecule has 2 rings (SSSR count). The summed E-state index contributed by atoms with van der Waals surface area (Å²) in [4.78, 5) is 3.74. The third-order valence-corrected chi connectivity index (χ3v) is 4.69. The molecular weight excluding hydrogens is 264 g/mol. The van der Waals surface area contributed by atoms with Gasteiger partial charge in [-0.15, -0.1) is 11.3 Å². The maximum absolute atomic E-state index is 3.52. The van der Waals surface area contributed by atoms with E-state index in [0.717, 1.165) is 26.1 Å². The van der Waals surface area contributed by atoms with Crippen molar-refractivity contribution in [1.82, 2.24) is 5.32 Å². The molecule has 1 N–H and O–H groups in total. The smallest absolute Gasteiger partial charge is 0.0364 e. The average molecular weight is 288 g/mol. The molecule has 0 aliphatic heterocycles. The number of hydrogen-bond donors (Lipinski definition) is 1. The van der Waals surface area contributed by atoms with Gasteiger partial charge in [-0.1, -0.05) is 19.1 Å². The molecule has 108 valence electrons. The number of nitrogens with zero attached hydrogens (tertiary/aromatic N) is 1. The Balaban J connectivity index is 1.74. The molecule has 2 nitrogen and oxygen atoms in total. The molecule has 2 aromatic rings.